The van der Waals surface area contributed by atoms with Crippen LogP contribution in [0.15, 0.2) is 36.4 Å². The van der Waals surface area contributed by atoms with Crippen LogP contribution in [0.2, 0.25) is 0 Å². The molecule has 0 heterocycles. The molecule has 0 radical (unpaired) electrons. The van der Waals surface area contributed by atoms with Crippen molar-refractivity contribution in [2.45, 2.75) is 0 Å². The van der Waals surface area contributed by atoms with Gasteiger partial charge in [-0.05, 0) is 6.07 Å². The summed E-state index contributed by atoms with van der Waals surface area (Å²) in [5.41, 5.74) is 6.95. The lowest BCUT2D eigenvalue weighted by atomic mass is 9.83. The Morgan fingerprint density at radius 2 is 1.53 bits per heavy atom. The van der Waals surface area contributed by atoms with Gasteiger partial charge in [0.15, 0.2) is 16.5 Å². The summed E-state index contributed by atoms with van der Waals surface area (Å²) in [5.74, 6) is -0.574. The summed E-state index contributed by atoms with van der Waals surface area (Å²) < 4.78 is 0. The predicted octanol–water partition coefficient (Wildman–Crippen LogP) is 2.53. The predicted molar refractivity (Wildman–Crippen MR) is 68.9 cm³/mol. The lowest BCUT2D eigenvalue weighted by Crippen LogP contribution is -2.22. The van der Waals surface area contributed by atoms with Gasteiger partial charge in [-0.2, -0.15) is 0 Å². The van der Waals surface area contributed by atoms with Crippen molar-refractivity contribution in [3.8, 4) is 0 Å². The number of ketones is 2. The largest absolute Gasteiger partial charge is 0.408 e. The molecule has 2 N–H and O–H groups in total. The van der Waals surface area contributed by atoms with Crippen LogP contribution in [0.3, 0.4) is 0 Å². The van der Waals surface area contributed by atoms with Gasteiger partial charge in [-0.1, -0.05) is 24.3 Å². The van der Waals surface area contributed by atoms with Crippen LogP contribution in [0.1, 0.15) is 31.8 Å². The molecule has 90 valence electrons. The van der Waals surface area contributed by atoms with Gasteiger partial charge < -0.3 is 5.73 Å². The van der Waals surface area contributed by atoms with Crippen molar-refractivity contribution in [1.29, 1.82) is 5.39 Å². The van der Waals surface area contributed by atoms with Gasteiger partial charge in [0, 0.05) is 22.8 Å². The molecule has 0 bridgehead atoms. The summed E-state index contributed by atoms with van der Waals surface area (Å²) in [7, 11) is 0. The first-order valence-electron chi connectivity index (χ1n) is 5.61. The number of hydrogen-bond acceptors (Lipinski definition) is 4. The SMILES string of the molecule is N#[N+]c1ccc2c(c1N)C(=O)c1ccccc1C2=O. The van der Waals surface area contributed by atoms with Crippen LogP contribution in [0.25, 0.3) is 4.98 Å². The zero-order valence-electron chi connectivity index (χ0n) is 9.75. The van der Waals surface area contributed by atoms with E-state index in [2.05, 4.69) is 4.98 Å². The van der Waals surface area contributed by atoms with E-state index >= 15 is 0 Å². The van der Waals surface area contributed by atoms with Crippen LogP contribution >= 0.6 is 0 Å². The standard InChI is InChI=1S/C14H7N3O2/c15-12-10(17-16)6-5-9-11(12)14(19)8-4-2-1-3-7(8)13(9)18/h1-6H,(H-,15,19)/p+1. The quantitative estimate of drug-likeness (QED) is 0.490. The summed E-state index contributed by atoms with van der Waals surface area (Å²) in [4.78, 5) is 27.7. The number of hydrogen-bond donors (Lipinski definition) is 1. The lowest BCUT2D eigenvalue weighted by molar-refractivity contribution is 0.0980. The van der Waals surface area contributed by atoms with E-state index in [0.717, 1.165) is 0 Å². The van der Waals surface area contributed by atoms with Gasteiger partial charge >= 0.3 is 5.69 Å². The fraction of sp³-hybridized carbons (Fsp3) is 0. The topological polar surface area (TPSA) is 88.3 Å². The fourth-order valence-corrected chi connectivity index (χ4v) is 2.29. The number of nitrogens with two attached hydrogens (primary N) is 1. The minimum atomic E-state index is -0.326. The van der Waals surface area contributed by atoms with Crippen LogP contribution in [-0.4, -0.2) is 11.6 Å². The highest BCUT2D eigenvalue weighted by molar-refractivity contribution is 6.30. The van der Waals surface area contributed by atoms with Crippen molar-refractivity contribution in [2.75, 3.05) is 5.73 Å². The van der Waals surface area contributed by atoms with Crippen LogP contribution in [0.5, 0.6) is 0 Å². The molecule has 1 aliphatic carbocycles. The molecule has 5 heteroatoms. The molecule has 0 aromatic heterocycles. The van der Waals surface area contributed by atoms with E-state index in [1.54, 1.807) is 24.3 Å². The third-order valence-electron chi connectivity index (χ3n) is 3.22. The highest BCUT2D eigenvalue weighted by Gasteiger charge is 2.34. The van der Waals surface area contributed by atoms with E-state index in [4.69, 9.17) is 11.1 Å². The first-order valence-corrected chi connectivity index (χ1v) is 5.61. The van der Waals surface area contributed by atoms with Crippen LogP contribution in [0.4, 0.5) is 11.4 Å². The Labute approximate surface area is 108 Å². The minimum absolute atomic E-state index is 0.0212. The van der Waals surface area contributed by atoms with E-state index in [1.807, 2.05) is 0 Å². The van der Waals surface area contributed by atoms with Gasteiger partial charge in [0.05, 0.1) is 5.56 Å². The Kier molecular flexibility index (Phi) is 2.19. The number of diazo groups is 1. The second-order valence-corrected chi connectivity index (χ2v) is 4.22. The monoisotopic (exact) mass is 250 g/mol. The van der Waals surface area contributed by atoms with Crippen molar-refractivity contribution < 1.29 is 9.59 Å². The fourth-order valence-electron chi connectivity index (χ4n) is 2.29. The van der Waals surface area contributed by atoms with E-state index in [9.17, 15) is 9.59 Å². The summed E-state index contributed by atoms with van der Waals surface area (Å²) in [6.45, 7) is 0. The number of anilines is 1. The Morgan fingerprint density at radius 3 is 2.16 bits per heavy atom. The van der Waals surface area contributed by atoms with Crippen molar-refractivity contribution in [3.63, 3.8) is 0 Å². The number of rotatable bonds is 0. The van der Waals surface area contributed by atoms with E-state index < -0.39 is 0 Å². The maximum Gasteiger partial charge on any atom is 0.408 e. The third-order valence-corrected chi connectivity index (χ3v) is 3.22. The number of nitrogen functional groups attached to an aromatic ring is 1. The summed E-state index contributed by atoms with van der Waals surface area (Å²) >= 11 is 0. The summed E-state index contributed by atoms with van der Waals surface area (Å²) in [6.07, 6.45) is 0. The van der Waals surface area contributed by atoms with Crippen molar-refractivity contribution in [2.24, 2.45) is 0 Å². The number of nitrogens with zero attached hydrogens (tertiary/aromatic N) is 2. The van der Waals surface area contributed by atoms with Gasteiger partial charge in [-0.25, -0.2) is 0 Å². The molecule has 1 aliphatic rings. The number of fused-ring (bicyclic) bond motifs is 2. The van der Waals surface area contributed by atoms with Crippen molar-refractivity contribution >= 4 is 22.9 Å². The number of carbonyl (C=O) groups excluding carboxylic acids is 2. The minimum Gasteiger partial charge on any atom is -0.392 e. The average molecular weight is 250 g/mol. The van der Waals surface area contributed by atoms with Gasteiger partial charge in [-0.15, -0.1) is 0 Å². The number of benzene rings is 2. The van der Waals surface area contributed by atoms with Gasteiger partial charge in [0.1, 0.15) is 5.69 Å². The molecular formula is C14H8N3O2+. The molecule has 5 nitrogen and oxygen atoms in total. The molecule has 2 aromatic carbocycles. The van der Waals surface area contributed by atoms with Crippen molar-refractivity contribution in [1.82, 2.24) is 0 Å². The molecule has 2 aromatic rings. The molecule has 0 atom stereocenters. The summed E-state index contributed by atoms with van der Waals surface area (Å²) in [6, 6.07) is 9.45. The smallest absolute Gasteiger partial charge is 0.392 e. The Hall–Kier alpha value is -3.00. The molecule has 3 rings (SSSR count). The van der Waals surface area contributed by atoms with E-state index in [1.165, 1.54) is 12.1 Å². The maximum absolute atomic E-state index is 12.4. The van der Waals surface area contributed by atoms with Gasteiger partial charge in [0.2, 0.25) is 5.39 Å². The first-order chi connectivity index (χ1) is 9.15. The van der Waals surface area contributed by atoms with Crippen LogP contribution < -0.4 is 5.73 Å². The normalized spacial score (nSPS) is 12.6. The Morgan fingerprint density at radius 1 is 0.895 bits per heavy atom. The molecule has 0 spiro atoms. The van der Waals surface area contributed by atoms with Gasteiger partial charge in [0.25, 0.3) is 0 Å². The molecular weight excluding hydrogens is 242 g/mol. The zero-order valence-corrected chi connectivity index (χ0v) is 9.75. The summed E-state index contributed by atoms with van der Waals surface area (Å²) in [5, 5.41) is 8.82. The second-order valence-electron chi connectivity index (χ2n) is 4.22. The second kappa shape index (κ2) is 3.75. The average Bonchev–Trinajstić information content (AvgIpc) is 2.44. The molecule has 0 saturated carbocycles. The first kappa shape index (κ1) is 11.1. The van der Waals surface area contributed by atoms with E-state index in [-0.39, 0.29) is 34.1 Å². The van der Waals surface area contributed by atoms with Crippen LogP contribution in [-0.2, 0) is 0 Å². The molecule has 0 aliphatic heterocycles. The molecule has 0 saturated heterocycles. The zero-order chi connectivity index (χ0) is 13.6. The molecule has 0 fully saturated rings. The lowest BCUT2D eigenvalue weighted by Gasteiger charge is -2.17. The maximum atomic E-state index is 12.4. The number of carbonyl (C=O) groups is 2. The molecule has 0 amide bonds. The molecule has 19 heavy (non-hydrogen) atoms. The van der Waals surface area contributed by atoms with Gasteiger partial charge in [-0.3, -0.25) is 9.59 Å². The van der Waals surface area contributed by atoms with Crippen molar-refractivity contribution in [3.05, 3.63) is 63.6 Å². The highest BCUT2D eigenvalue weighted by atomic mass is 16.1. The third kappa shape index (κ3) is 1.37. The van der Waals surface area contributed by atoms with E-state index in [0.29, 0.717) is 11.1 Å². The Balaban J connectivity index is 2.37. The highest BCUT2D eigenvalue weighted by Crippen LogP contribution is 2.35. The Bertz CT molecular complexity index is 788. The molecule has 0 unspecified atom stereocenters. The van der Waals surface area contributed by atoms with Crippen LogP contribution in [0, 0.1) is 5.39 Å².